The summed E-state index contributed by atoms with van der Waals surface area (Å²) >= 11 is 0. The van der Waals surface area contributed by atoms with Gasteiger partial charge in [0.1, 0.15) is 36.2 Å². The summed E-state index contributed by atoms with van der Waals surface area (Å²) in [7, 11) is 0. The molecule has 0 radical (unpaired) electrons. The van der Waals surface area contributed by atoms with Crippen LogP contribution < -0.4 is 18.9 Å². The maximum atomic E-state index is 9.91. The van der Waals surface area contributed by atoms with Crippen LogP contribution in [0.2, 0.25) is 0 Å². The zero-order valence-corrected chi connectivity index (χ0v) is 48.3. The second-order valence-electron chi connectivity index (χ2n) is 20.5. The highest BCUT2D eigenvalue weighted by atomic mass is 16.5. The lowest BCUT2D eigenvalue weighted by Crippen LogP contribution is -2.23. The minimum atomic E-state index is -0.464. The summed E-state index contributed by atoms with van der Waals surface area (Å²) in [6, 6.07) is 42.8. The van der Waals surface area contributed by atoms with Crippen molar-refractivity contribution in [2.24, 2.45) is 11.8 Å². The van der Waals surface area contributed by atoms with Crippen LogP contribution in [0.25, 0.3) is 0 Å². The van der Waals surface area contributed by atoms with Gasteiger partial charge in [0.15, 0.2) is 0 Å². The van der Waals surface area contributed by atoms with E-state index in [0.29, 0.717) is 19.0 Å². The van der Waals surface area contributed by atoms with E-state index in [0.717, 1.165) is 113 Å². The summed E-state index contributed by atoms with van der Waals surface area (Å²) in [5.74, 6) is 3.95. The molecule has 3 unspecified atom stereocenters. The molecular formula is C67H102O9. The second-order valence-corrected chi connectivity index (χ2v) is 20.5. The van der Waals surface area contributed by atoms with Gasteiger partial charge in [0.2, 0.25) is 0 Å². The normalized spacial score (nSPS) is 12.0. The molecule has 0 fully saturated rings. The van der Waals surface area contributed by atoms with Crippen molar-refractivity contribution in [2.45, 2.75) is 189 Å². The number of benzene rings is 5. The van der Waals surface area contributed by atoms with Gasteiger partial charge in [-0.1, -0.05) is 160 Å². The average Bonchev–Trinajstić information content (AvgIpc) is 3.44. The van der Waals surface area contributed by atoms with E-state index in [1.807, 2.05) is 95.3 Å². The van der Waals surface area contributed by atoms with Crippen LogP contribution in [0.1, 0.15) is 179 Å². The van der Waals surface area contributed by atoms with Gasteiger partial charge >= 0.3 is 0 Å². The van der Waals surface area contributed by atoms with Gasteiger partial charge in [-0.15, -0.1) is 0 Å². The zero-order chi connectivity index (χ0) is 55.4. The fourth-order valence-corrected chi connectivity index (χ4v) is 7.53. The Kier molecular flexibility index (Phi) is 39.0. The molecule has 0 aliphatic rings. The van der Waals surface area contributed by atoms with E-state index in [4.69, 9.17) is 28.8 Å². The Labute approximate surface area is 461 Å². The molecule has 0 amide bonds. The quantitative estimate of drug-likeness (QED) is 0.0293. The Morgan fingerprint density at radius 2 is 0.803 bits per heavy atom. The SMILES string of the molecule is CCCC(O)c1cccc(OCC(O)C(C)C)c1.CCCCc1cccc(OCC(O)C(C)C)c1.CCCCc1cccc(OCCCCCO)c1.CCCCc1cccc(OCCCCCOCc2ccccc2)c1. The standard InChI is InChI=1S/C22H30O2.C15H24O3.2C15H24O2/c1-2-3-11-20-14-10-15-22(18-20)24-17-9-5-8-16-23-19-21-12-6-4-7-13-21;1-4-6-14(16)12-7-5-8-13(9-12)18-10-15(17)11(2)3;1-4-5-7-13-8-6-9-14(10-13)17-11-15(16)12(2)3;1-2-3-8-14-9-7-10-15(13-14)17-12-6-4-5-11-16/h4,6-7,10,12-15,18H,2-3,5,8-9,11,16-17,19H2,1H3;5,7-9,11,14-17H,4,6,10H2,1-3H3;6,8-10,12,15-16H,4-5,7,11H2,1-3H3;7,9-10,13,16H,2-6,8,11-12H2,1H3. The lowest BCUT2D eigenvalue weighted by atomic mass is 10.1. The van der Waals surface area contributed by atoms with Crippen LogP contribution in [0.5, 0.6) is 23.0 Å². The van der Waals surface area contributed by atoms with Crippen LogP contribution in [-0.4, -0.2) is 72.3 Å². The number of ether oxygens (including phenoxy) is 5. The molecule has 5 aromatic carbocycles. The molecule has 5 aromatic rings. The first-order valence-corrected chi connectivity index (χ1v) is 29.1. The van der Waals surface area contributed by atoms with Crippen molar-refractivity contribution in [1.29, 1.82) is 0 Å². The van der Waals surface area contributed by atoms with Gasteiger partial charge in [-0.05, 0) is 172 Å². The van der Waals surface area contributed by atoms with E-state index in [1.54, 1.807) is 0 Å². The molecule has 76 heavy (non-hydrogen) atoms. The van der Waals surface area contributed by atoms with Crippen molar-refractivity contribution >= 4 is 0 Å². The molecule has 4 N–H and O–H groups in total. The van der Waals surface area contributed by atoms with Crippen LogP contribution in [0.4, 0.5) is 0 Å². The number of aliphatic hydroxyl groups is 4. The highest BCUT2D eigenvalue weighted by Gasteiger charge is 2.12. The van der Waals surface area contributed by atoms with E-state index >= 15 is 0 Å². The fraction of sp³-hybridized carbons (Fsp3) is 0.552. The van der Waals surface area contributed by atoms with E-state index in [1.165, 1.54) is 60.8 Å². The molecule has 3 atom stereocenters. The van der Waals surface area contributed by atoms with Gasteiger partial charge in [0.05, 0.1) is 38.1 Å². The Bertz CT molecular complexity index is 2110. The molecule has 0 spiro atoms. The largest absolute Gasteiger partial charge is 0.494 e. The summed E-state index contributed by atoms with van der Waals surface area (Å²) in [5, 5.41) is 37.9. The van der Waals surface area contributed by atoms with Crippen LogP contribution in [0.15, 0.2) is 127 Å². The van der Waals surface area contributed by atoms with Crippen LogP contribution >= 0.6 is 0 Å². The molecule has 0 aliphatic carbocycles. The van der Waals surface area contributed by atoms with Gasteiger partial charge in [-0.25, -0.2) is 0 Å². The first-order valence-electron chi connectivity index (χ1n) is 29.1. The highest BCUT2D eigenvalue weighted by Crippen LogP contribution is 2.24. The van der Waals surface area contributed by atoms with Crippen molar-refractivity contribution in [1.82, 2.24) is 0 Å². The van der Waals surface area contributed by atoms with Gasteiger partial charge in [0, 0.05) is 13.2 Å². The number of hydrogen-bond donors (Lipinski definition) is 4. The molecule has 0 saturated heterocycles. The second kappa shape index (κ2) is 44.1. The number of aliphatic hydroxyl groups excluding tert-OH is 4. The van der Waals surface area contributed by atoms with Crippen molar-refractivity contribution < 1.29 is 44.1 Å². The summed E-state index contributed by atoms with van der Waals surface area (Å²) in [6.07, 6.45) is 17.4. The van der Waals surface area contributed by atoms with E-state index in [9.17, 15) is 15.3 Å². The third kappa shape index (κ3) is 33.3. The Morgan fingerprint density at radius 1 is 0.395 bits per heavy atom. The van der Waals surface area contributed by atoms with Crippen molar-refractivity contribution in [3.05, 3.63) is 155 Å². The summed E-state index contributed by atoms with van der Waals surface area (Å²) in [5.41, 5.74) is 6.16. The van der Waals surface area contributed by atoms with Crippen LogP contribution in [-0.2, 0) is 30.6 Å². The van der Waals surface area contributed by atoms with E-state index < -0.39 is 18.3 Å². The molecular weight excluding hydrogens is 949 g/mol. The van der Waals surface area contributed by atoms with Crippen molar-refractivity contribution in [2.75, 3.05) is 39.6 Å². The maximum absolute atomic E-state index is 9.91. The maximum Gasteiger partial charge on any atom is 0.119 e. The average molecular weight is 1050 g/mol. The topological polar surface area (TPSA) is 127 Å². The number of aryl methyl sites for hydroxylation is 3. The first kappa shape index (κ1) is 67.2. The van der Waals surface area contributed by atoms with E-state index in [2.05, 4.69) is 87.5 Å². The Morgan fingerprint density at radius 3 is 1.24 bits per heavy atom. The van der Waals surface area contributed by atoms with E-state index in [-0.39, 0.29) is 25.0 Å². The predicted molar refractivity (Wildman–Crippen MR) is 316 cm³/mol. The molecule has 9 heteroatoms. The summed E-state index contributed by atoms with van der Waals surface area (Å²) in [4.78, 5) is 0. The Hall–Kier alpha value is -4.90. The van der Waals surface area contributed by atoms with Crippen molar-refractivity contribution in [3.8, 4) is 23.0 Å². The van der Waals surface area contributed by atoms with Crippen LogP contribution in [0, 0.1) is 11.8 Å². The monoisotopic (exact) mass is 1050 g/mol. The molecule has 0 saturated carbocycles. The molecule has 0 bridgehead atoms. The highest BCUT2D eigenvalue weighted by molar-refractivity contribution is 5.31. The number of rotatable bonds is 35. The lowest BCUT2D eigenvalue weighted by Gasteiger charge is -2.16. The summed E-state index contributed by atoms with van der Waals surface area (Å²) < 4.78 is 28.4. The van der Waals surface area contributed by atoms with Crippen molar-refractivity contribution in [3.63, 3.8) is 0 Å². The molecule has 0 aromatic heterocycles. The smallest absolute Gasteiger partial charge is 0.119 e. The minimum Gasteiger partial charge on any atom is -0.494 e. The fourth-order valence-electron chi connectivity index (χ4n) is 7.53. The molecule has 424 valence electrons. The third-order valence-electron chi connectivity index (χ3n) is 12.7. The zero-order valence-electron chi connectivity index (χ0n) is 48.3. The van der Waals surface area contributed by atoms with Gasteiger partial charge < -0.3 is 44.1 Å². The van der Waals surface area contributed by atoms with Gasteiger partial charge in [-0.2, -0.15) is 0 Å². The van der Waals surface area contributed by atoms with Gasteiger partial charge in [-0.3, -0.25) is 0 Å². The molecule has 9 nitrogen and oxygen atoms in total. The predicted octanol–water partition coefficient (Wildman–Crippen LogP) is 15.7. The minimum absolute atomic E-state index is 0.180. The van der Waals surface area contributed by atoms with Crippen LogP contribution in [0.3, 0.4) is 0 Å². The third-order valence-corrected chi connectivity index (χ3v) is 12.7. The molecule has 0 heterocycles. The van der Waals surface area contributed by atoms with Gasteiger partial charge in [0.25, 0.3) is 0 Å². The first-order chi connectivity index (χ1) is 36.9. The number of unbranched alkanes of at least 4 members (excludes halogenated alkanes) is 7. The molecule has 5 rings (SSSR count). The summed E-state index contributed by atoms with van der Waals surface area (Å²) in [6.45, 7) is 20.6. The molecule has 0 aliphatic heterocycles. The Balaban J connectivity index is 0.000000351. The number of hydrogen-bond acceptors (Lipinski definition) is 9. The lowest BCUT2D eigenvalue weighted by molar-refractivity contribution is 0.0699.